The summed E-state index contributed by atoms with van der Waals surface area (Å²) in [5.41, 5.74) is -0.986. The first-order valence-corrected chi connectivity index (χ1v) is 6.40. The second-order valence-corrected chi connectivity index (χ2v) is 4.44. The second kappa shape index (κ2) is 7.99. The van der Waals surface area contributed by atoms with E-state index in [0.717, 1.165) is 6.07 Å². The summed E-state index contributed by atoms with van der Waals surface area (Å²) >= 11 is 0. The van der Waals surface area contributed by atoms with E-state index in [1.807, 2.05) is 0 Å². The van der Waals surface area contributed by atoms with Gasteiger partial charge in [0.25, 0.3) is 0 Å². The molecule has 1 rings (SSSR count). The molecule has 0 saturated heterocycles. The van der Waals surface area contributed by atoms with Crippen LogP contribution in [0.15, 0.2) is 6.07 Å². The Morgan fingerprint density at radius 1 is 1.29 bits per heavy atom. The maximum atomic E-state index is 12.8. The molecule has 0 fully saturated rings. The van der Waals surface area contributed by atoms with Gasteiger partial charge in [-0.15, -0.1) is 0 Å². The van der Waals surface area contributed by atoms with Gasteiger partial charge in [-0.3, -0.25) is 0 Å². The normalized spacial score (nSPS) is 11.5. The van der Waals surface area contributed by atoms with Gasteiger partial charge in [0.05, 0.1) is 13.2 Å². The number of nitrogens with one attached hydrogen (secondary N) is 1. The van der Waals surface area contributed by atoms with Crippen LogP contribution in [0.2, 0.25) is 0 Å². The Morgan fingerprint density at radius 3 is 2.57 bits per heavy atom. The van der Waals surface area contributed by atoms with E-state index in [1.54, 1.807) is 14.1 Å². The maximum absolute atomic E-state index is 12.8. The van der Waals surface area contributed by atoms with Crippen LogP contribution in [-0.2, 0) is 10.9 Å². The van der Waals surface area contributed by atoms with Gasteiger partial charge in [-0.25, -0.2) is 4.98 Å². The van der Waals surface area contributed by atoms with Gasteiger partial charge in [0.2, 0.25) is 5.95 Å². The molecule has 1 heterocycles. The van der Waals surface area contributed by atoms with E-state index < -0.39 is 11.9 Å². The number of hydrogen-bond acceptors (Lipinski definition) is 6. The van der Waals surface area contributed by atoms with E-state index in [-0.39, 0.29) is 25.0 Å². The first kappa shape index (κ1) is 17.4. The highest BCUT2D eigenvalue weighted by atomic mass is 19.4. The highest BCUT2D eigenvalue weighted by Gasteiger charge is 2.33. The van der Waals surface area contributed by atoms with Crippen molar-refractivity contribution in [3.05, 3.63) is 11.8 Å². The van der Waals surface area contributed by atoms with Crippen LogP contribution in [0.1, 0.15) is 12.1 Å². The van der Waals surface area contributed by atoms with E-state index in [0.29, 0.717) is 19.6 Å². The van der Waals surface area contributed by atoms with Crippen LogP contribution in [-0.4, -0.2) is 55.5 Å². The summed E-state index contributed by atoms with van der Waals surface area (Å²) in [6.45, 7) is 0.952. The fourth-order valence-electron chi connectivity index (χ4n) is 1.43. The molecule has 0 saturated carbocycles. The fourth-order valence-corrected chi connectivity index (χ4v) is 1.43. The van der Waals surface area contributed by atoms with E-state index in [1.165, 1.54) is 4.90 Å². The first-order valence-electron chi connectivity index (χ1n) is 6.40. The molecule has 0 unspecified atom stereocenters. The minimum atomic E-state index is -4.52. The number of aliphatic hydroxyl groups is 1. The topological polar surface area (TPSA) is 70.5 Å². The molecule has 0 radical (unpaired) electrons. The monoisotopic (exact) mass is 308 g/mol. The molecule has 0 spiro atoms. The molecule has 0 aliphatic heterocycles. The van der Waals surface area contributed by atoms with Gasteiger partial charge in [0, 0.05) is 33.3 Å². The summed E-state index contributed by atoms with van der Waals surface area (Å²) in [5.74, 6) is 0.104. The van der Waals surface area contributed by atoms with Crippen molar-refractivity contribution in [2.24, 2.45) is 0 Å². The summed E-state index contributed by atoms with van der Waals surface area (Å²) in [4.78, 5) is 8.95. The number of rotatable bonds is 8. The number of alkyl halides is 3. The molecule has 0 atom stereocenters. The van der Waals surface area contributed by atoms with Crippen LogP contribution in [0.3, 0.4) is 0 Å². The predicted molar refractivity (Wildman–Crippen MR) is 72.4 cm³/mol. The Morgan fingerprint density at radius 2 is 2.00 bits per heavy atom. The van der Waals surface area contributed by atoms with Crippen LogP contribution >= 0.6 is 0 Å². The summed E-state index contributed by atoms with van der Waals surface area (Å²) in [7, 11) is 3.21. The van der Waals surface area contributed by atoms with Crippen molar-refractivity contribution in [2.75, 3.05) is 50.7 Å². The largest absolute Gasteiger partial charge is 0.433 e. The van der Waals surface area contributed by atoms with Crippen LogP contribution in [0.25, 0.3) is 0 Å². The zero-order chi connectivity index (χ0) is 15.9. The number of nitrogens with zero attached hydrogens (tertiary/aromatic N) is 3. The summed E-state index contributed by atoms with van der Waals surface area (Å²) in [6, 6.07) is 0.898. The molecule has 9 heteroatoms. The Labute approximate surface area is 121 Å². The molecular weight excluding hydrogens is 289 g/mol. The molecule has 0 bridgehead atoms. The van der Waals surface area contributed by atoms with Gasteiger partial charge in [-0.05, 0) is 6.42 Å². The number of hydrogen-bond donors (Lipinski definition) is 2. The zero-order valence-corrected chi connectivity index (χ0v) is 11.9. The molecule has 6 nitrogen and oxygen atoms in total. The van der Waals surface area contributed by atoms with E-state index in [9.17, 15) is 13.2 Å². The Kier molecular flexibility index (Phi) is 6.63. The third-order valence-electron chi connectivity index (χ3n) is 2.45. The van der Waals surface area contributed by atoms with Crippen molar-refractivity contribution in [1.29, 1.82) is 0 Å². The average Bonchev–Trinajstić information content (AvgIpc) is 2.41. The number of anilines is 2. The summed E-state index contributed by atoms with van der Waals surface area (Å²) < 4.78 is 43.3. The fraction of sp³-hybridized carbons (Fsp3) is 0.667. The maximum Gasteiger partial charge on any atom is 0.433 e. The lowest BCUT2D eigenvalue weighted by molar-refractivity contribution is -0.141. The van der Waals surface area contributed by atoms with Crippen molar-refractivity contribution < 1.29 is 23.0 Å². The Balaban J connectivity index is 2.66. The van der Waals surface area contributed by atoms with Gasteiger partial charge < -0.3 is 20.1 Å². The molecular formula is C12H19F3N4O2. The van der Waals surface area contributed by atoms with E-state index >= 15 is 0 Å². The van der Waals surface area contributed by atoms with Crippen molar-refractivity contribution in [1.82, 2.24) is 9.97 Å². The molecule has 120 valence electrons. The third kappa shape index (κ3) is 6.13. The van der Waals surface area contributed by atoms with Crippen molar-refractivity contribution in [3.63, 3.8) is 0 Å². The third-order valence-corrected chi connectivity index (χ3v) is 2.45. The number of aliphatic hydroxyl groups excluding tert-OH is 1. The summed E-state index contributed by atoms with van der Waals surface area (Å²) in [5, 5.41) is 11.3. The molecule has 2 N–H and O–H groups in total. The van der Waals surface area contributed by atoms with Gasteiger partial charge in [0.1, 0.15) is 5.82 Å². The molecule has 1 aromatic heterocycles. The SMILES string of the molecule is CN(C)c1cc(C(F)(F)F)nc(NCCCOCCO)n1. The second-order valence-electron chi connectivity index (χ2n) is 4.44. The van der Waals surface area contributed by atoms with Crippen LogP contribution < -0.4 is 10.2 Å². The van der Waals surface area contributed by atoms with Crippen LogP contribution in [0.5, 0.6) is 0 Å². The van der Waals surface area contributed by atoms with Crippen molar-refractivity contribution >= 4 is 11.8 Å². The molecule has 0 aliphatic carbocycles. The summed E-state index contributed by atoms with van der Waals surface area (Å²) in [6.07, 6.45) is -3.95. The molecule has 0 amide bonds. The predicted octanol–water partition coefficient (Wildman–Crippen LogP) is 1.37. The molecule has 0 aromatic carbocycles. The standard InChI is InChI=1S/C12H19F3N4O2/c1-19(2)10-8-9(12(13,14)15)17-11(18-10)16-4-3-6-21-7-5-20/h8,20H,3-7H2,1-2H3,(H,16,17,18). The minimum Gasteiger partial charge on any atom is -0.394 e. The lowest BCUT2D eigenvalue weighted by atomic mass is 10.3. The smallest absolute Gasteiger partial charge is 0.394 e. The lowest BCUT2D eigenvalue weighted by Crippen LogP contribution is -2.18. The molecule has 0 aliphatic rings. The van der Waals surface area contributed by atoms with Crippen molar-refractivity contribution in [3.8, 4) is 0 Å². The lowest BCUT2D eigenvalue weighted by Gasteiger charge is -2.15. The first-order chi connectivity index (χ1) is 9.84. The quantitative estimate of drug-likeness (QED) is 0.707. The highest BCUT2D eigenvalue weighted by molar-refractivity contribution is 5.44. The Bertz CT molecular complexity index is 441. The van der Waals surface area contributed by atoms with Gasteiger partial charge in [-0.1, -0.05) is 0 Å². The van der Waals surface area contributed by atoms with Crippen molar-refractivity contribution in [2.45, 2.75) is 12.6 Å². The van der Waals surface area contributed by atoms with Gasteiger partial charge >= 0.3 is 6.18 Å². The zero-order valence-electron chi connectivity index (χ0n) is 11.9. The molecule has 1 aromatic rings. The Hall–Kier alpha value is -1.61. The van der Waals surface area contributed by atoms with Gasteiger partial charge in [0.15, 0.2) is 5.69 Å². The van der Waals surface area contributed by atoms with Crippen LogP contribution in [0, 0.1) is 0 Å². The van der Waals surface area contributed by atoms with E-state index in [4.69, 9.17) is 9.84 Å². The molecule has 21 heavy (non-hydrogen) atoms. The highest BCUT2D eigenvalue weighted by Crippen LogP contribution is 2.30. The average molecular weight is 308 g/mol. The van der Waals surface area contributed by atoms with Gasteiger partial charge in [-0.2, -0.15) is 18.2 Å². The van der Waals surface area contributed by atoms with Crippen LogP contribution in [0.4, 0.5) is 24.9 Å². The number of ether oxygens (including phenoxy) is 1. The number of halogens is 3. The van der Waals surface area contributed by atoms with E-state index in [2.05, 4.69) is 15.3 Å². The number of aromatic nitrogens is 2. The minimum absolute atomic E-state index is 0.0592.